The van der Waals surface area contributed by atoms with E-state index in [1.165, 1.54) is 6.21 Å². The van der Waals surface area contributed by atoms with Gasteiger partial charge in [0.2, 0.25) is 6.54 Å². The number of halogens is 3. The number of carbonyl (C=O) groups excluding carboxylic acids is 1. The van der Waals surface area contributed by atoms with Crippen molar-refractivity contribution in [1.29, 1.82) is 0 Å². The van der Waals surface area contributed by atoms with Crippen molar-refractivity contribution in [2.45, 2.75) is 6.18 Å². The van der Waals surface area contributed by atoms with Crippen molar-refractivity contribution in [2.75, 3.05) is 6.54 Å². The predicted octanol–water partition coefficient (Wildman–Crippen LogP) is -0.381. The van der Waals surface area contributed by atoms with Crippen molar-refractivity contribution in [2.24, 2.45) is 5.10 Å². The Hall–Kier alpha value is -1.73. The van der Waals surface area contributed by atoms with Gasteiger partial charge in [0.1, 0.15) is 5.97 Å². The van der Waals surface area contributed by atoms with E-state index >= 15 is 0 Å². The number of carbonyl (C=O) groups is 1. The highest BCUT2D eigenvalue weighted by Crippen LogP contribution is 2.11. The van der Waals surface area contributed by atoms with Gasteiger partial charge in [0.15, 0.2) is 4.87 Å². The van der Waals surface area contributed by atoms with E-state index in [9.17, 15) is 18.1 Å². The smallest absolute Gasteiger partial charge is 0.430 e. The second-order valence-electron chi connectivity index (χ2n) is 2.01. The Morgan fingerprint density at radius 2 is 2.00 bits per heavy atom. The molecule has 0 atom stereocenters. The molecule has 0 fully saturated rings. The molecule has 0 saturated carbocycles. The van der Waals surface area contributed by atoms with Crippen LogP contribution in [-0.4, -0.2) is 29.8 Å². The number of alkyl halides is 3. The molecule has 1 heterocycles. The molecule has 5 nitrogen and oxygen atoms in total. The Bertz CT molecular complexity index is 283. The van der Waals surface area contributed by atoms with Crippen molar-refractivity contribution >= 4 is 12.2 Å². The summed E-state index contributed by atoms with van der Waals surface area (Å²) in [6.07, 6.45) is -0.231. The minimum absolute atomic E-state index is 0.385. The number of hydrogen-bond donors (Lipinski definition) is 0. The minimum Gasteiger partial charge on any atom is -0.542 e. The summed E-state index contributed by atoms with van der Waals surface area (Å²) in [6.45, 7) is 0.385. The Balaban J connectivity index is 0.000000241. The molecule has 78 valence electrons. The first-order valence-electron chi connectivity index (χ1n) is 3.26. The Kier molecular flexibility index (Phi) is 4.47. The van der Waals surface area contributed by atoms with E-state index in [-0.39, 0.29) is 0 Å². The minimum atomic E-state index is -5.19. The Labute approximate surface area is 76.1 Å². The lowest BCUT2D eigenvalue weighted by Crippen LogP contribution is -2.37. The zero-order valence-corrected chi connectivity index (χ0v) is 6.69. The number of hydrazone groups is 1. The van der Waals surface area contributed by atoms with Gasteiger partial charge in [0, 0.05) is 5.10 Å². The van der Waals surface area contributed by atoms with Crippen molar-refractivity contribution < 1.29 is 27.9 Å². The van der Waals surface area contributed by atoms with Crippen LogP contribution in [0.3, 0.4) is 0 Å². The van der Waals surface area contributed by atoms with Gasteiger partial charge in [-0.1, -0.05) is 0 Å². The highest BCUT2D eigenvalue weighted by atomic mass is 19.4. The lowest BCUT2D eigenvalue weighted by molar-refractivity contribution is -0.544. The van der Waals surface area contributed by atoms with E-state index in [4.69, 9.17) is 9.90 Å². The zero-order chi connectivity index (χ0) is 11.2. The third-order valence-corrected chi connectivity index (χ3v) is 0.911. The highest BCUT2D eigenvalue weighted by Gasteiger charge is 2.28. The first-order valence-corrected chi connectivity index (χ1v) is 3.26. The number of allylic oxidation sites excluding steroid dienone is 1. The number of hydrogen-bond acceptors (Lipinski definition) is 3. The summed E-state index contributed by atoms with van der Waals surface area (Å²) in [7, 11) is 0. The molecule has 0 aromatic rings. The number of aliphatic carboxylic acids is 1. The van der Waals surface area contributed by atoms with Crippen molar-refractivity contribution in [1.82, 2.24) is 0 Å². The number of rotatable bonds is 0. The molecule has 0 spiro atoms. The molecule has 0 aliphatic carbocycles. The van der Waals surface area contributed by atoms with E-state index in [1.54, 1.807) is 12.2 Å². The van der Waals surface area contributed by atoms with Crippen LogP contribution in [0.1, 0.15) is 0 Å². The van der Waals surface area contributed by atoms with Crippen LogP contribution < -0.4 is 5.11 Å². The number of carboxylic acids is 1. The molecule has 1 aliphatic heterocycles. The fourth-order valence-electron chi connectivity index (χ4n) is 0.372. The molecule has 0 unspecified atom stereocenters. The number of carboxylic acid groups (broad SMARTS) is 1. The van der Waals surface area contributed by atoms with Crippen LogP contribution in [-0.2, 0) is 4.79 Å². The van der Waals surface area contributed by atoms with E-state index in [0.717, 1.165) is 0 Å². The maximum atomic E-state index is 10.5. The average Bonchev–Trinajstić information content (AvgIpc) is 2.04. The van der Waals surface area contributed by atoms with Crippen LogP contribution in [0.25, 0.3) is 0 Å². The maximum absolute atomic E-state index is 10.5. The van der Waals surface area contributed by atoms with Crippen LogP contribution in [0.2, 0.25) is 0 Å². The molecule has 1 aliphatic rings. The maximum Gasteiger partial charge on any atom is 0.430 e. The molecular formula is C6H5F3N2O3. The van der Waals surface area contributed by atoms with Gasteiger partial charge in [-0.05, 0) is 12.2 Å². The molecule has 0 aromatic carbocycles. The van der Waals surface area contributed by atoms with Crippen LogP contribution in [0, 0.1) is 4.91 Å². The van der Waals surface area contributed by atoms with Crippen molar-refractivity contribution in [3.8, 4) is 0 Å². The van der Waals surface area contributed by atoms with Gasteiger partial charge in [-0.2, -0.15) is 13.2 Å². The van der Waals surface area contributed by atoms with E-state index in [0.29, 0.717) is 11.4 Å². The second-order valence-corrected chi connectivity index (χ2v) is 2.01. The molecule has 1 rings (SSSR count). The SMILES string of the molecule is O=C([O-])C(F)(F)F.O=[N+]1CC=CC=N1. The lowest BCUT2D eigenvalue weighted by Gasteiger charge is -2.03. The van der Waals surface area contributed by atoms with Crippen LogP contribution >= 0.6 is 0 Å². The Morgan fingerprint density at radius 3 is 2.14 bits per heavy atom. The summed E-state index contributed by atoms with van der Waals surface area (Å²) < 4.78 is 31.5. The zero-order valence-electron chi connectivity index (χ0n) is 6.69. The van der Waals surface area contributed by atoms with Gasteiger partial charge in [-0.15, -0.1) is 0 Å². The fourth-order valence-corrected chi connectivity index (χ4v) is 0.372. The largest absolute Gasteiger partial charge is 0.542 e. The number of nitrogens with zero attached hydrogens (tertiary/aromatic N) is 2. The van der Waals surface area contributed by atoms with E-state index in [2.05, 4.69) is 5.10 Å². The fraction of sp³-hybridized carbons (Fsp3) is 0.333. The summed E-state index contributed by atoms with van der Waals surface area (Å²) in [5, 5.41) is 12.2. The Morgan fingerprint density at radius 1 is 1.50 bits per heavy atom. The summed E-state index contributed by atoms with van der Waals surface area (Å²) in [4.78, 5) is 19.5. The molecule has 8 heteroatoms. The molecule has 14 heavy (non-hydrogen) atoms. The molecule has 0 saturated heterocycles. The van der Waals surface area contributed by atoms with Crippen LogP contribution in [0.4, 0.5) is 13.2 Å². The first kappa shape index (κ1) is 12.3. The summed E-state index contributed by atoms with van der Waals surface area (Å²) >= 11 is 0. The molecular weight excluding hydrogens is 205 g/mol. The third kappa shape index (κ3) is 5.86. The van der Waals surface area contributed by atoms with Crippen molar-refractivity contribution in [3.63, 3.8) is 0 Å². The summed E-state index contributed by atoms with van der Waals surface area (Å²) in [5.41, 5.74) is 0. The molecule has 0 amide bonds. The average molecular weight is 210 g/mol. The normalized spacial score (nSPS) is 14.6. The quantitative estimate of drug-likeness (QED) is 0.511. The topological polar surface area (TPSA) is 72.6 Å². The molecule has 0 bridgehead atoms. The van der Waals surface area contributed by atoms with Gasteiger partial charge in [0.05, 0.1) is 11.1 Å². The third-order valence-electron chi connectivity index (χ3n) is 0.911. The second kappa shape index (κ2) is 5.10. The van der Waals surface area contributed by atoms with Crippen molar-refractivity contribution in [3.05, 3.63) is 17.1 Å². The first-order chi connectivity index (χ1) is 6.34. The molecule has 0 N–H and O–H groups in total. The predicted molar refractivity (Wildman–Crippen MR) is 37.2 cm³/mol. The van der Waals surface area contributed by atoms with Crippen LogP contribution in [0.15, 0.2) is 17.3 Å². The summed E-state index contributed by atoms with van der Waals surface area (Å²) in [6, 6.07) is 0. The molecule has 0 radical (unpaired) electrons. The van der Waals surface area contributed by atoms with E-state index < -0.39 is 12.1 Å². The van der Waals surface area contributed by atoms with Gasteiger partial charge in [-0.3, -0.25) is 0 Å². The van der Waals surface area contributed by atoms with Gasteiger partial charge < -0.3 is 9.90 Å². The number of nitroso groups, excluding NO2 is 1. The van der Waals surface area contributed by atoms with Crippen LogP contribution in [0.5, 0.6) is 0 Å². The lowest BCUT2D eigenvalue weighted by atomic mass is 10.5. The highest BCUT2D eigenvalue weighted by molar-refractivity contribution is 5.70. The van der Waals surface area contributed by atoms with Gasteiger partial charge >= 0.3 is 6.18 Å². The monoisotopic (exact) mass is 210 g/mol. The molecule has 0 aromatic heterocycles. The van der Waals surface area contributed by atoms with Gasteiger partial charge in [-0.25, -0.2) is 0 Å². The van der Waals surface area contributed by atoms with E-state index in [1.807, 2.05) is 0 Å². The summed E-state index contributed by atoms with van der Waals surface area (Å²) in [5.74, 6) is -3.01. The van der Waals surface area contributed by atoms with Gasteiger partial charge in [0.25, 0.3) is 0 Å². The standard InChI is InChI=1S/C4H5N2O.C2HF3O2/c7-6-4-2-1-3-5-6;3-2(4,5)1(6)7/h1-3H,4H2;(H,6,7)/q+1;/p-1.